The molecule has 4 heteroatoms. The molecule has 3 aliphatic carbocycles. The van der Waals surface area contributed by atoms with Gasteiger partial charge in [-0.1, -0.05) is 78.6 Å². The van der Waals surface area contributed by atoms with E-state index >= 15 is 0 Å². The first-order valence-electron chi connectivity index (χ1n) is 14.6. The lowest BCUT2D eigenvalue weighted by molar-refractivity contribution is 0.134. The first-order chi connectivity index (χ1) is 15.3. The van der Waals surface area contributed by atoms with Crippen molar-refractivity contribution in [1.29, 1.82) is 0 Å². The minimum absolute atomic E-state index is 0.872. The Morgan fingerprint density at radius 1 is 0.452 bits per heavy atom. The predicted molar refractivity (Wildman–Crippen MR) is 137 cm³/mol. The molecule has 0 atom stereocenters. The van der Waals surface area contributed by atoms with Crippen LogP contribution in [-0.4, -0.2) is 64.2 Å². The molecule has 0 saturated heterocycles. The van der Waals surface area contributed by atoms with Gasteiger partial charge in [-0.2, -0.15) is 0 Å². The standard InChI is InChI=1S/3C9H18N.Al/c3*1-2-8-10-9-6-4-3-5-7-9;/h3*9H,2-8H2,1H3;/q3*-1;+3. The average Bonchev–Trinajstić information content (AvgIpc) is 2.84. The van der Waals surface area contributed by atoms with Crippen molar-refractivity contribution >= 4 is 14.8 Å². The molecule has 3 aliphatic rings. The minimum Gasteiger partial charge on any atom is -0.354 e. The van der Waals surface area contributed by atoms with E-state index in [1.807, 2.05) is 0 Å². The Balaban J connectivity index is 1.95. The van der Waals surface area contributed by atoms with Crippen LogP contribution in [0, 0.1) is 0 Å². The van der Waals surface area contributed by atoms with E-state index in [4.69, 9.17) is 0 Å². The van der Waals surface area contributed by atoms with Crippen molar-refractivity contribution in [3.63, 3.8) is 0 Å². The Bertz CT molecular complexity index is 389. The van der Waals surface area contributed by atoms with Gasteiger partial charge in [0.25, 0.3) is 0 Å². The quantitative estimate of drug-likeness (QED) is 0.295. The average molecular weight is 448 g/mol. The van der Waals surface area contributed by atoms with Gasteiger partial charge in [-0.3, -0.25) is 0 Å². The van der Waals surface area contributed by atoms with Crippen LogP contribution in [0.5, 0.6) is 0 Å². The zero-order valence-corrected chi connectivity index (χ0v) is 22.7. The fourth-order valence-corrected chi connectivity index (χ4v) is 11.7. The molecule has 180 valence electrons. The van der Waals surface area contributed by atoms with Crippen LogP contribution in [0.25, 0.3) is 0 Å². The second kappa shape index (κ2) is 14.6. The fraction of sp³-hybridized carbons (Fsp3) is 1.00. The summed E-state index contributed by atoms with van der Waals surface area (Å²) in [6, 6.07) is 2.61. The summed E-state index contributed by atoms with van der Waals surface area (Å²) in [6.45, 7) is 11.4. The molecule has 0 bridgehead atoms. The van der Waals surface area contributed by atoms with Crippen LogP contribution in [0.2, 0.25) is 0 Å². The van der Waals surface area contributed by atoms with Gasteiger partial charge in [0.15, 0.2) is 0 Å². The van der Waals surface area contributed by atoms with E-state index in [2.05, 4.69) is 32.4 Å². The molecule has 3 fully saturated rings. The van der Waals surface area contributed by atoms with Crippen LogP contribution < -0.4 is 0 Å². The van der Waals surface area contributed by atoms with Crippen LogP contribution >= 0.6 is 0 Å². The maximum Gasteiger partial charge on any atom is 0.609 e. The second-order valence-corrected chi connectivity index (χ2v) is 13.6. The summed E-state index contributed by atoms with van der Waals surface area (Å²) in [7, 11) is 0. The van der Waals surface area contributed by atoms with Crippen molar-refractivity contribution in [2.75, 3.05) is 19.6 Å². The number of hydrogen-bond donors (Lipinski definition) is 0. The SMILES string of the molecule is CCC[N](C1CCCCC1)[Al]([N](CCC)C1CCCCC1)[N](CCC)C1CCCCC1. The van der Waals surface area contributed by atoms with Gasteiger partial charge in [0.2, 0.25) is 0 Å². The van der Waals surface area contributed by atoms with E-state index < -0.39 is 14.8 Å². The third-order valence-electron chi connectivity index (χ3n) is 8.47. The van der Waals surface area contributed by atoms with E-state index in [0.717, 1.165) is 18.1 Å². The molecule has 0 radical (unpaired) electrons. The molecule has 0 spiro atoms. The summed E-state index contributed by atoms with van der Waals surface area (Å²) in [6.07, 6.45) is 26.1. The van der Waals surface area contributed by atoms with E-state index in [9.17, 15) is 0 Å². The van der Waals surface area contributed by atoms with E-state index in [-0.39, 0.29) is 0 Å². The summed E-state index contributed by atoms with van der Waals surface area (Å²) in [5.74, 6) is 0. The Morgan fingerprint density at radius 3 is 0.935 bits per heavy atom. The Morgan fingerprint density at radius 2 is 0.710 bits per heavy atom. The number of hydrogen-bond acceptors (Lipinski definition) is 3. The lowest BCUT2D eigenvalue weighted by Gasteiger charge is -2.51. The molecule has 0 amide bonds. The zero-order chi connectivity index (χ0) is 21.9. The molecule has 0 heterocycles. The molecule has 0 N–H and O–H groups in total. The van der Waals surface area contributed by atoms with Crippen molar-refractivity contribution in [3.8, 4) is 0 Å². The van der Waals surface area contributed by atoms with Crippen molar-refractivity contribution in [3.05, 3.63) is 0 Å². The largest absolute Gasteiger partial charge is 0.609 e. The molecule has 0 unspecified atom stereocenters. The highest BCUT2D eigenvalue weighted by atomic mass is 27.2. The summed E-state index contributed by atoms with van der Waals surface area (Å²) in [4.78, 5) is 0. The van der Waals surface area contributed by atoms with E-state index in [0.29, 0.717) is 0 Å². The van der Waals surface area contributed by atoms with Gasteiger partial charge < -0.3 is 11.7 Å². The van der Waals surface area contributed by atoms with Gasteiger partial charge in [0.1, 0.15) is 0 Å². The first kappa shape index (κ1) is 26.0. The Kier molecular flexibility index (Phi) is 12.3. The predicted octanol–water partition coefficient (Wildman–Crippen LogP) is 7.11. The molecule has 0 aliphatic heterocycles. The smallest absolute Gasteiger partial charge is 0.354 e. The molecule has 0 aromatic carbocycles. The van der Waals surface area contributed by atoms with Crippen molar-refractivity contribution in [2.24, 2.45) is 0 Å². The third-order valence-corrected chi connectivity index (χ3v) is 12.3. The molecular weight excluding hydrogens is 393 g/mol. The van der Waals surface area contributed by atoms with E-state index in [1.165, 1.54) is 135 Å². The van der Waals surface area contributed by atoms with Crippen LogP contribution in [0.3, 0.4) is 0 Å². The molecule has 31 heavy (non-hydrogen) atoms. The maximum atomic E-state index is 3.19. The molecule has 3 rings (SSSR count). The normalized spacial score (nSPS) is 22.6. The monoisotopic (exact) mass is 447 g/mol. The highest BCUT2D eigenvalue weighted by molar-refractivity contribution is 6.50. The van der Waals surface area contributed by atoms with Crippen molar-refractivity contribution < 1.29 is 0 Å². The zero-order valence-electron chi connectivity index (χ0n) is 21.5. The fourth-order valence-electron chi connectivity index (χ4n) is 7.04. The maximum absolute atomic E-state index is 3.19. The number of rotatable bonds is 12. The molecule has 0 aromatic rings. The second-order valence-electron chi connectivity index (χ2n) is 10.9. The topological polar surface area (TPSA) is 9.72 Å². The highest BCUT2D eigenvalue weighted by Gasteiger charge is 2.48. The van der Waals surface area contributed by atoms with Gasteiger partial charge in [0.05, 0.1) is 0 Å². The third kappa shape index (κ3) is 7.45. The molecular formula is C27H54AlN3. The van der Waals surface area contributed by atoms with Crippen molar-refractivity contribution in [2.45, 2.75) is 154 Å². The Hall–Kier alpha value is 0.412. The Labute approximate surface area is 200 Å². The first-order valence-corrected chi connectivity index (χ1v) is 16.1. The molecule has 3 saturated carbocycles. The summed E-state index contributed by atoms with van der Waals surface area (Å²) in [5.41, 5.74) is 0. The summed E-state index contributed by atoms with van der Waals surface area (Å²) < 4.78 is 9.56. The van der Waals surface area contributed by atoms with Crippen molar-refractivity contribution in [1.82, 2.24) is 11.7 Å². The van der Waals surface area contributed by atoms with Crippen LogP contribution in [-0.2, 0) is 0 Å². The lowest BCUT2D eigenvalue weighted by atomic mass is 9.95. The summed E-state index contributed by atoms with van der Waals surface area (Å²) in [5, 5.41) is 0. The van der Waals surface area contributed by atoms with Gasteiger partial charge >= 0.3 is 14.8 Å². The van der Waals surface area contributed by atoms with Gasteiger partial charge in [-0.25, -0.2) is 0 Å². The van der Waals surface area contributed by atoms with Gasteiger partial charge in [0, 0.05) is 0 Å². The van der Waals surface area contributed by atoms with Crippen LogP contribution in [0.1, 0.15) is 136 Å². The minimum atomic E-state index is -1.35. The summed E-state index contributed by atoms with van der Waals surface area (Å²) >= 11 is -1.35. The van der Waals surface area contributed by atoms with E-state index in [1.54, 1.807) is 0 Å². The van der Waals surface area contributed by atoms with Gasteiger partial charge in [-0.05, 0) is 95.5 Å². The molecule has 3 nitrogen and oxygen atoms in total. The van der Waals surface area contributed by atoms with Crippen LogP contribution in [0.15, 0.2) is 0 Å². The highest BCUT2D eigenvalue weighted by Crippen LogP contribution is 2.32. The van der Waals surface area contributed by atoms with Crippen LogP contribution in [0.4, 0.5) is 0 Å². The number of nitrogens with zero attached hydrogens (tertiary/aromatic N) is 3. The molecule has 0 aromatic heterocycles. The van der Waals surface area contributed by atoms with Gasteiger partial charge in [-0.15, -0.1) is 0 Å². The lowest BCUT2D eigenvalue weighted by Crippen LogP contribution is -2.70.